The molecule has 0 fully saturated rings. The topological polar surface area (TPSA) is 74.6 Å². The number of benzene rings is 10. The molecule has 4 aromatic heterocycles. The van der Waals surface area contributed by atoms with E-state index in [-0.39, 0.29) is 0 Å². The van der Waals surface area contributed by atoms with Crippen LogP contribution in [-0.4, -0.2) is 29.1 Å². The first-order valence-electron chi connectivity index (χ1n) is 21.1. The molecule has 0 atom stereocenters. The Morgan fingerprint density at radius 3 is 1.73 bits per heavy atom. The molecule has 7 heteroatoms. The summed E-state index contributed by atoms with van der Waals surface area (Å²) in [5.74, 6) is 2.10. The van der Waals surface area contributed by atoms with Crippen LogP contribution in [-0.2, 0) is 0 Å². The number of nitrogens with zero attached hydrogens (tertiary/aromatic N) is 6. The number of hydrogen-bond acceptors (Lipinski definition) is 5. The standard InChI is InChI=1S/C56H32N6O/c1-3-14-35(15-4-1)55-57-45-25-13-24-43(52(45)63-55)53-58-54(44-32-36-18-11-16-33-28-29-34-17-12-23-40(44)49(34)48(33)36)60-56(59-53)62-47-27-10-8-22-39(47)42-31-30-41-38-21-7-9-26-46(38)61(50(41)51(42)62)37-19-5-2-6-20-37/h1-32H. The molecule has 0 aliphatic rings. The van der Waals surface area contributed by atoms with Gasteiger partial charge in [0.2, 0.25) is 11.8 Å². The number of rotatable bonds is 5. The molecule has 63 heavy (non-hydrogen) atoms. The second-order valence-corrected chi connectivity index (χ2v) is 16.2. The molecular weight excluding hydrogens is 773 g/mol. The zero-order valence-electron chi connectivity index (χ0n) is 33.6. The number of para-hydroxylation sites is 4. The van der Waals surface area contributed by atoms with Crippen LogP contribution in [0.4, 0.5) is 0 Å². The van der Waals surface area contributed by atoms with Crippen LogP contribution >= 0.6 is 0 Å². The summed E-state index contributed by atoms with van der Waals surface area (Å²) in [7, 11) is 0. The van der Waals surface area contributed by atoms with Crippen molar-refractivity contribution in [3.63, 3.8) is 0 Å². The molecule has 14 rings (SSSR count). The normalized spacial score (nSPS) is 12.1. The third-order valence-electron chi connectivity index (χ3n) is 12.7. The predicted molar refractivity (Wildman–Crippen MR) is 256 cm³/mol. The summed E-state index contributed by atoms with van der Waals surface area (Å²) in [5, 5.41) is 11.6. The van der Waals surface area contributed by atoms with Crippen LogP contribution in [0.2, 0.25) is 0 Å². The largest absolute Gasteiger partial charge is 0.435 e. The lowest BCUT2D eigenvalue weighted by atomic mass is 9.91. The van der Waals surface area contributed by atoms with Gasteiger partial charge in [0.05, 0.1) is 27.6 Å². The van der Waals surface area contributed by atoms with Crippen molar-refractivity contribution in [3.8, 4) is 45.9 Å². The smallest absolute Gasteiger partial charge is 0.238 e. The molecular formula is C56H32N6O. The SMILES string of the molecule is c1ccc(-c2nc3cccc(-c4nc(-c5cc6cccc7ccc8cccc5c8c76)nc(-n5c6ccccc6c6ccc7c8ccccc8n(-c8ccccc8)c7c65)n4)c3o2)cc1. The minimum atomic E-state index is 0.489. The van der Waals surface area contributed by atoms with E-state index in [0.29, 0.717) is 29.1 Å². The molecule has 0 amide bonds. The van der Waals surface area contributed by atoms with Crippen molar-refractivity contribution in [1.29, 1.82) is 0 Å². The molecule has 14 aromatic rings. The molecule has 0 saturated heterocycles. The Kier molecular flexibility index (Phi) is 6.98. The molecule has 0 N–H and O–H groups in total. The maximum atomic E-state index is 6.65. The Bertz CT molecular complexity index is 4150. The van der Waals surface area contributed by atoms with Gasteiger partial charge in [0.1, 0.15) is 5.52 Å². The van der Waals surface area contributed by atoms with E-state index < -0.39 is 0 Å². The fourth-order valence-electron chi connectivity index (χ4n) is 10.0. The summed E-state index contributed by atoms with van der Waals surface area (Å²) < 4.78 is 11.3. The molecule has 292 valence electrons. The molecule has 0 saturated carbocycles. The average Bonchev–Trinajstić information content (AvgIpc) is 4.04. The zero-order chi connectivity index (χ0) is 41.2. The number of fused-ring (bicyclic) bond motifs is 8. The molecule has 7 nitrogen and oxygen atoms in total. The monoisotopic (exact) mass is 804 g/mol. The van der Waals surface area contributed by atoms with Gasteiger partial charge < -0.3 is 8.98 Å². The minimum absolute atomic E-state index is 0.489. The van der Waals surface area contributed by atoms with E-state index in [1.165, 1.54) is 26.9 Å². The van der Waals surface area contributed by atoms with E-state index in [2.05, 4.69) is 155 Å². The summed E-state index contributed by atoms with van der Waals surface area (Å²) in [6.45, 7) is 0. The van der Waals surface area contributed by atoms with Gasteiger partial charge in [-0.2, -0.15) is 9.97 Å². The van der Waals surface area contributed by atoms with E-state index in [1.807, 2.05) is 48.5 Å². The molecule has 0 radical (unpaired) electrons. The van der Waals surface area contributed by atoms with Crippen LogP contribution in [0.5, 0.6) is 0 Å². The Balaban J connectivity index is 1.14. The predicted octanol–water partition coefficient (Wildman–Crippen LogP) is 14.1. The van der Waals surface area contributed by atoms with E-state index >= 15 is 0 Å². The first kappa shape index (κ1) is 34.1. The van der Waals surface area contributed by atoms with Crippen molar-refractivity contribution in [2.75, 3.05) is 0 Å². The Morgan fingerprint density at radius 2 is 0.968 bits per heavy atom. The molecule has 0 spiro atoms. The zero-order valence-corrected chi connectivity index (χ0v) is 33.6. The Morgan fingerprint density at radius 1 is 0.381 bits per heavy atom. The van der Waals surface area contributed by atoms with Gasteiger partial charge in [0, 0.05) is 38.4 Å². The lowest BCUT2D eigenvalue weighted by molar-refractivity contribution is 0.620. The highest BCUT2D eigenvalue weighted by atomic mass is 16.3. The van der Waals surface area contributed by atoms with Crippen molar-refractivity contribution in [2.45, 2.75) is 0 Å². The van der Waals surface area contributed by atoms with Gasteiger partial charge in [-0.1, -0.05) is 140 Å². The molecule has 0 bridgehead atoms. The van der Waals surface area contributed by atoms with Crippen molar-refractivity contribution in [3.05, 3.63) is 194 Å². The van der Waals surface area contributed by atoms with Gasteiger partial charge in [-0.3, -0.25) is 4.57 Å². The third kappa shape index (κ3) is 4.90. The summed E-state index contributed by atoms with van der Waals surface area (Å²) >= 11 is 0. The lowest BCUT2D eigenvalue weighted by Gasteiger charge is -2.16. The molecule has 0 unspecified atom stereocenters. The number of oxazole rings is 1. The molecule has 0 aliphatic carbocycles. The van der Waals surface area contributed by atoms with Gasteiger partial charge in [0.15, 0.2) is 17.2 Å². The summed E-state index contributed by atoms with van der Waals surface area (Å²) in [6, 6.07) is 68.0. The fourth-order valence-corrected chi connectivity index (χ4v) is 10.0. The van der Waals surface area contributed by atoms with E-state index in [0.717, 1.165) is 76.9 Å². The average molecular weight is 805 g/mol. The van der Waals surface area contributed by atoms with Crippen molar-refractivity contribution < 1.29 is 4.42 Å². The van der Waals surface area contributed by atoms with Gasteiger partial charge in [-0.25, -0.2) is 9.97 Å². The summed E-state index contributed by atoms with van der Waals surface area (Å²) in [6.07, 6.45) is 0. The van der Waals surface area contributed by atoms with Crippen molar-refractivity contribution in [2.24, 2.45) is 0 Å². The third-order valence-corrected chi connectivity index (χ3v) is 12.7. The van der Waals surface area contributed by atoms with Crippen LogP contribution in [0.15, 0.2) is 199 Å². The van der Waals surface area contributed by atoms with Crippen LogP contribution in [0.25, 0.3) is 133 Å². The maximum Gasteiger partial charge on any atom is 0.238 e. The van der Waals surface area contributed by atoms with Gasteiger partial charge >= 0.3 is 0 Å². The highest BCUT2D eigenvalue weighted by Gasteiger charge is 2.25. The van der Waals surface area contributed by atoms with E-state index in [9.17, 15) is 0 Å². The van der Waals surface area contributed by atoms with Gasteiger partial charge in [0.25, 0.3) is 0 Å². The van der Waals surface area contributed by atoms with Crippen LogP contribution in [0.1, 0.15) is 0 Å². The number of hydrogen-bond donors (Lipinski definition) is 0. The van der Waals surface area contributed by atoms with Crippen LogP contribution in [0.3, 0.4) is 0 Å². The van der Waals surface area contributed by atoms with E-state index in [4.69, 9.17) is 24.4 Å². The highest BCUT2D eigenvalue weighted by Crippen LogP contribution is 2.44. The quantitative estimate of drug-likeness (QED) is 0.162. The van der Waals surface area contributed by atoms with Crippen LogP contribution < -0.4 is 0 Å². The maximum absolute atomic E-state index is 6.65. The molecule has 0 aliphatic heterocycles. The lowest BCUT2D eigenvalue weighted by Crippen LogP contribution is -2.07. The molecule has 4 heterocycles. The van der Waals surface area contributed by atoms with Crippen molar-refractivity contribution in [1.82, 2.24) is 29.1 Å². The first-order chi connectivity index (χ1) is 31.2. The van der Waals surface area contributed by atoms with E-state index in [1.54, 1.807) is 0 Å². The van der Waals surface area contributed by atoms with Gasteiger partial charge in [-0.15, -0.1) is 0 Å². The van der Waals surface area contributed by atoms with Crippen molar-refractivity contribution >= 4 is 87.0 Å². The first-order valence-corrected chi connectivity index (χ1v) is 21.1. The summed E-state index contributed by atoms with van der Waals surface area (Å²) in [4.78, 5) is 21.4. The second kappa shape index (κ2) is 12.9. The van der Waals surface area contributed by atoms with Crippen LogP contribution in [0, 0.1) is 0 Å². The fraction of sp³-hybridized carbons (Fsp3) is 0. The molecule has 10 aromatic carbocycles. The Labute approximate surface area is 359 Å². The summed E-state index contributed by atoms with van der Waals surface area (Å²) in [5.41, 5.74) is 9.17. The minimum Gasteiger partial charge on any atom is -0.435 e. The Hall–Kier alpha value is -8.68. The second-order valence-electron chi connectivity index (χ2n) is 16.2. The highest BCUT2D eigenvalue weighted by molar-refractivity contribution is 6.26. The van der Waals surface area contributed by atoms with Gasteiger partial charge in [-0.05, 0) is 86.9 Å². The number of aromatic nitrogens is 6.